The Labute approximate surface area is 155 Å². The number of benzene rings is 2. The second-order valence-corrected chi connectivity index (χ2v) is 5.76. The highest BCUT2D eigenvalue weighted by Crippen LogP contribution is 2.35. The third-order valence-electron chi connectivity index (χ3n) is 3.98. The van der Waals surface area contributed by atoms with E-state index >= 15 is 0 Å². The van der Waals surface area contributed by atoms with Crippen molar-refractivity contribution < 1.29 is 32.2 Å². The number of nitrogens with zero attached hydrogens (tertiary/aromatic N) is 1. The standard InChI is InChI=1S/C19H20F3NO4/c1-23(11-12-5-7-13(8-6-12)19(20,21)22)18(24)14-9-16(26-3)17(27-4)10-15(14)25-2/h5-10H,11H2,1-4H3. The minimum absolute atomic E-state index is 0.133. The quantitative estimate of drug-likeness (QED) is 0.757. The van der Waals surface area contributed by atoms with Crippen molar-refractivity contribution in [2.24, 2.45) is 0 Å². The number of rotatable bonds is 6. The van der Waals surface area contributed by atoms with E-state index in [0.717, 1.165) is 12.1 Å². The van der Waals surface area contributed by atoms with Crippen LogP contribution in [0.1, 0.15) is 21.5 Å². The number of alkyl halides is 3. The van der Waals surface area contributed by atoms with Crippen LogP contribution in [0.15, 0.2) is 36.4 Å². The fraction of sp³-hybridized carbons (Fsp3) is 0.316. The summed E-state index contributed by atoms with van der Waals surface area (Å²) in [5.74, 6) is 0.713. The summed E-state index contributed by atoms with van der Waals surface area (Å²) in [5.41, 5.74) is 0.0876. The molecule has 0 atom stereocenters. The van der Waals surface area contributed by atoms with Crippen LogP contribution in [0, 0.1) is 0 Å². The van der Waals surface area contributed by atoms with Crippen molar-refractivity contribution in [3.63, 3.8) is 0 Å². The molecule has 0 N–H and O–H groups in total. The second kappa shape index (κ2) is 8.20. The average Bonchev–Trinajstić information content (AvgIpc) is 2.65. The Kier molecular flexibility index (Phi) is 6.20. The van der Waals surface area contributed by atoms with Gasteiger partial charge in [0.15, 0.2) is 11.5 Å². The van der Waals surface area contributed by atoms with Crippen molar-refractivity contribution in [3.05, 3.63) is 53.1 Å². The maximum atomic E-state index is 12.8. The van der Waals surface area contributed by atoms with Crippen LogP contribution in [0.3, 0.4) is 0 Å². The SMILES string of the molecule is COc1cc(OC)c(C(=O)N(C)Cc2ccc(C(F)(F)F)cc2)cc1OC. The first-order valence-electron chi connectivity index (χ1n) is 7.92. The molecule has 0 unspecified atom stereocenters. The molecule has 0 aromatic heterocycles. The monoisotopic (exact) mass is 383 g/mol. The molecule has 5 nitrogen and oxygen atoms in total. The number of carbonyl (C=O) groups is 1. The third kappa shape index (κ3) is 4.64. The van der Waals surface area contributed by atoms with Crippen LogP contribution in [0.2, 0.25) is 0 Å². The van der Waals surface area contributed by atoms with Gasteiger partial charge in [-0.05, 0) is 17.7 Å². The number of ether oxygens (including phenoxy) is 3. The number of amides is 1. The van der Waals surface area contributed by atoms with Gasteiger partial charge in [0.2, 0.25) is 0 Å². The van der Waals surface area contributed by atoms with E-state index in [0.29, 0.717) is 22.8 Å². The van der Waals surface area contributed by atoms with Gasteiger partial charge in [-0.3, -0.25) is 4.79 Å². The third-order valence-corrected chi connectivity index (χ3v) is 3.98. The lowest BCUT2D eigenvalue weighted by Gasteiger charge is -2.20. The number of carbonyl (C=O) groups excluding carboxylic acids is 1. The van der Waals surface area contributed by atoms with Crippen LogP contribution in [0.4, 0.5) is 13.2 Å². The van der Waals surface area contributed by atoms with E-state index in [4.69, 9.17) is 14.2 Å². The van der Waals surface area contributed by atoms with Gasteiger partial charge in [-0.2, -0.15) is 13.2 Å². The Hall–Kier alpha value is -2.90. The van der Waals surface area contributed by atoms with Crippen molar-refractivity contribution >= 4 is 5.91 Å². The molecule has 0 spiro atoms. The van der Waals surface area contributed by atoms with E-state index in [1.54, 1.807) is 7.05 Å². The zero-order valence-corrected chi connectivity index (χ0v) is 15.4. The Morgan fingerprint density at radius 1 is 0.926 bits per heavy atom. The molecule has 0 saturated heterocycles. The molecule has 0 aliphatic rings. The van der Waals surface area contributed by atoms with Crippen LogP contribution < -0.4 is 14.2 Å². The largest absolute Gasteiger partial charge is 0.496 e. The van der Waals surface area contributed by atoms with Gasteiger partial charge in [-0.15, -0.1) is 0 Å². The van der Waals surface area contributed by atoms with Gasteiger partial charge in [0, 0.05) is 25.7 Å². The summed E-state index contributed by atoms with van der Waals surface area (Å²) in [6.07, 6.45) is -4.40. The number of hydrogen-bond donors (Lipinski definition) is 0. The summed E-state index contributed by atoms with van der Waals surface area (Å²) >= 11 is 0. The molecule has 146 valence electrons. The van der Waals surface area contributed by atoms with Crippen molar-refractivity contribution in [2.45, 2.75) is 12.7 Å². The van der Waals surface area contributed by atoms with Gasteiger partial charge in [0.1, 0.15) is 5.75 Å². The summed E-state index contributed by atoms with van der Waals surface area (Å²) in [6.45, 7) is 0.133. The Balaban J connectivity index is 2.24. The minimum atomic E-state index is -4.40. The predicted octanol–water partition coefficient (Wildman–Crippen LogP) is 4.00. The Bertz CT molecular complexity index is 804. The molecule has 2 rings (SSSR count). The Morgan fingerprint density at radius 2 is 1.44 bits per heavy atom. The number of halogens is 3. The molecular weight excluding hydrogens is 363 g/mol. The highest BCUT2D eigenvalue weighted by Gasteiger charge is 2.30. The lowest BCUT2D eigenvalue weighted by molar-refractivity contribution is -0.137. The van der Waals surface area contributed by atoms with E-state index in [2.05, 4.69) is 0 Å². The van der Waals surface area contributed by atoms with Crippen molar-refractivity contribution in [1.29, 1.82) is 0 Å². The van der Waals surface area contributed by atoms with Crippen molar-refractivity contribution in [1.82, 2.24) is 4.90 Å². The summed E-state index contributed by atoms with van der Waals surface area (Å²) in [4.78, 5) is 14.2. The molecule has 0 heterocycles. The highest BCUT2D eigenvalue weighted by molar-refractivity contribution is 5.97. The summed E-state index contributed by atoms with van der Waals surface area (Å²) < 4.78 is 53.6. The highest BCUT2D eigenvalue weighted by atomic mass is 19.4. The number of hydrogen-bond acceptors (Lipinski definition) is 4. The minimum Gasteiger partial charge on any atom is -0.496 e. The van der Waals surface area contributed by atoms with E-state index in [9.17, 15) is 18.0 Å². The predicted molar refractivity (Wildman–Crippen MR) is 93.3 cm³/mol. The first-order chi connectivity index (χ1) is 12.7. The average molecular weight is 383 g/mol. The van der Waals surface area contributed by atoms with E-state index in [-0.39, 0.29) is 18.0 Å². The first-order valence-corrected chi connectivity index (χ1v) is 7.92. The number of methoxy groups -OCH3 is 3. The van der Waals surface area contributed by atoms with E-state index in [1.807, 2.05) is 0 Å². The molecule has 0 bridgehead atoms. The van der Waals surface area contributed by atoms with Crippen LogP contribution in [0.25, 0.3) is 0 Å². The van der Waals surface area contributed by atoms with Crippen LogP contribution in [-0.2, 0) is 12.7 Å². The molecule has 1 amide bonds. The van der Waals surface area contributed by atoms with E-state index in [1.165, 1.54) is 50.5 Å². The molecule has 0 aliphatic heterocycles. The van der Waals surface area contributed by atoms with Gasteiger partial charge in [-0.1, -0.05) is 12.1 Å². The van der Waals surface area contributed by atoms with Crippen LogP contribution in [0.5, 0.6) is 17.2 Å². The summed E-state index contributed by atoms with van der Waals surface area (Å²) in [6, 6.07) is 7.72. The molecule has 8 heteroatoms. The van der Waals surface area contributed by atoms with Gasteiger partial charge in [-0.25, -0.2) is 0 Å². The lowest BCUT2D eigenvalue weighted by Crippen LogP contribution is -2.26. The maximum Gasteiger partial charge on any atom is 0.416 e. The maximum absolute atomic E-state index is 12.8. The zero-order valence-electron chi connectivity index (χ0n) is 15.4. The smallest absolute Gasteiger partial charge is 0.416 e. The van der Waals surface area contributed by atoms with Gasteiger partial charge in [0.25, 0.3) is 5.91 Å². The molecule has 27 heavy (non-hydrogen) atoms. The Morgan fingerprint density at radius 3 is 1.93 bits per heavy atom. The topological polar surface area (TPSA) is 48.0 Å². The van der Waals surface area contributed by atoms with Crippen LogP contribution >= 0.6 is 0 Å². The fourth-order valence-corrected chi connectivity index (χ4v) is 2.55. The lowest BCUT2D eigenvalue weighted by atomic mass is 10.1. The fourth-order valence-electron chi connectivity index (χ4n) is 2.55. The van der Waals surface area contributed by atoms with Gasteiger partial charge >= 0.3 is 6.18 Å². The molecular formula is C19H20F3NO4. The molecule has 0 fully saturated rings. The molecule has 0 saturated carbocycles. The first kappa shape index (κ1) is 20.4. The molecule has 2 aromatic carbocycles. The van der Waals surface area contributed by atoms with Gasteiger partial charge < -0.3 is 19.1 Å². The van der Waals surface area contributed by atoms with Crippen molar-refractivity contribution in [3.8, 4) is 17.2 Å². The van der Waals surface area contributed by atoms with Crippen LogP contribution in [-0.4, -0.2) is 39.2 Å². The normalized spacial score (nSPS) is 11.1. The summed E-state index contributed by atoms with van der Waals surface area (Å²) in [5, 5.41) is 0. The molecule has 0 radical (unpaired) electrons. The molecule has 2 aromatic rings. The van der Waals surface area contributed by atoms with E-state index < -0.39 is 11.7 Å². The van der Waals surface area contributed by atoms with Gasteiger partial charge in [0.05, 0.1) is 32.5 Å². The summed E-state index contributed by atoms with van der Waals surface area (Å²) in [7, 11) is 5.89. The molecule has 0 aliphatic carbocycles. The second-order valence-electron chi connectivity index (χ2n) is 5.76. The zero-order chi connectivity index (χ0) is 20.2. The van der Waals surface area contributed by atoms with Crippen molar-refractivity contribution in [2.75, 3.05) is 28.4 Å².